The van der Waals surface area contributed by atoms with Gasteiger partial charge in [-0.2, -0.15) is 0 Å². The lowest BCUT2D eigenvalue weighted by Crippen LogP contribution is -2.14. The first kappa shape index (κ1) is 19.4. The van der Waals surface area contributed by atoms with E-state index in [-0.39, 0.29) is 0 Å². The smallest absolute Gasteiger partial charge is 0.176 e. The minimum Gasteiger partial charge on any atom is -0.423 e. The second-order valence-electron chi connectivity index (χ2n) is 6.50. The maximum absolute atomic E-state index is 5.64. The molecule has 1 nitrogen and oxygen atoms in total. The van der Waals surface area contributed by atoms with Gasteiger partial charge in [-0.25, -0.2) is 0 Å². The normalized spacial score (nSPS) is 12.5. The zero-order chi connectivity index (χ0) is 15.9. The summed E-state index contributed by atoms with van der Waals surface area (Å²) < 4.78 is 5.64. The van der Waals surface area contributed by atoms with Crippen molar-refractivity contribution in [3.8, 4) is 0 Å². The van der Waals surface area contributed by atoms with Gasteiger partial charge in [-0.1, -0.05) is 88.6 Å². The predicted molar refractivity (Wildman–Crippen MR) is 101 cm³/mol. The van der Waals surface area contributed by atoms with E-state index in [0.717, 1.165) is 0 Å². The molecule has 1 atom stereocenters. The van der Waals surface area contributed by atoms with Gasteiger partial charge in [-0.05, 0) is 30.5 Å². The van der Waals surface area contributed by atoms with E-state index < -0.39 is 9.04 Å². The molecular weight excluding hydrogens is 284 g/mol. The SMILES string of the molecule is CCC[SiH](CCCCCCCCCCc1ccccc1)OC. The van der Waals surface area contributed by atoms with Crippen LogP contribution in [0, 0.1) is 0 Å². The summed E-state index contributed by atoms with van der Waals surface area (Å²) in [6, 6.07) is 13.6. The molecule has 1 aromatic rings. The molecule has 0 aliphatic heterocycles. The predicted octanol–water partition coefficient (Wildman–Crippen LogP) is 6.13. The van der Waals surface area contributed by atoms with Crippen molar-refractivity contribution >= 4 is 9.04 Å². The van der Waals surface area contributed by atoms with Crippen molar-refractivity contribution in [1.82, 2.24) is 0 Å². The Morgan fingerprint density at radius 2 is 1.36 bits per heavy atom. The molecule has 0 aliphatic carbocycles. The molecule has 0 fully saturated rings. The molecule has 0 radical (unpaired) electrons. The third kappa shape index (κ3) is 10.2. The minimum absolute atomic E-state index is 0.817. The fourth-order valence-corrected chi connectivity index (χ4v) is 5.26. The van der Waals surface area contributed by atoms with Crippen LogP contribution in [-0.4, -0.2) is 16.2 Å². The van der Waals surface area contributed by atoms with E-state index in [9.17, 15) is 0 Å². The Morgan fingerprint density at radius 1 is 0.773 bits per heavy atom. The maximum atomic E-state index is 5.64. The molecule has 0 amide bonds. The van der Waals surface area contributed by atoms with Crippen LogP contribution in [0.4, 0.5) is 0 Å². The van der Waals surface area contributed by atoms with E-state index in [1.54, 1.807) is 0 Å². The summed E-state index contributed by atoms with van der Waals surface area (Å²) in [4.78, 5) is 0. The Bertz CT molecular complexity index is 339. The minimum atomic E-state index is -0.817. The fraction of sp³-hybridized carbons (Fsp3) is 0.700. The summed E-state index contributed by atoms with van der Waals surface area (Å²) in [6.07, 6.45) is 13.8. The van der Waals surface area contributed by atoms with Crippen molar-refractivity contribution in [2.45, 2.75) is 83.2 Å². The zero-order valence-electron chi connectivity index (χ0n) is 14.9. The Balaban J connectivity index is 1.83. The van der Waals surface area contributed by atoms with Gasteiger partial charge in [0, 0.05) is 7.11 Å². The van der Waals surface area contributed by atoms with Crippen molar-refractivity contribution < 1.29 is 4.43 Å². The number of unbranched alkanes of at least 4 members (excludes halogenated alkanes) is 7. The van der Waals surface area contributed by atoms with Crippen LogP contribution in [0.1, 0.15) is 70.3 Å². The van der Waals surface area contributed by atoms with Gasteiger partial charge < -0.3 is 4.43 Å². The topological polar surface area (TPSA) is 9.23 Å². The summed E-state index contributed by atoms with van der Waals surface area (Å²) in [6.45, 7) is 2.27. The van der Waals surface area contributed by atoms with E-state index in [1.165, 1.54) is 81.9 Å². The first-order valence-electron chi connectivity index (χ1n) is 9.43. The van der Waals surface area contributed by atoms with Crippen LogP contribution in [0.15, 0.2) is 30.3 Å². The number of aryl methyl sites for hydroxylation is 1. The lowest BCUT2D eigenvalue weighted by atomic mass is 10.0. The molecule has 0 spiro atoms. The highest BCUT2D eigenvalue weighted by Gasteiger charge is 2.07. The van der Waals surface area contributed by atoms with Crippen molar-refractivity contribution in [1.29, 1.82) is 0 Å². The van der Waals surface area contributed by atoms with E-state index >= 15 is 0 Å². The standard InChI is InChI=1S/C20H36OSi/c1-3-18-22(21-2)19-14-9-7-5-4-6-8-11-15-20-16-12-10-13-17-20/h10,12-13,16-17,22H,3-9,11,14-15,18-19H2,1-2H3. The molecule has 126 valence electrons. The second-order valence-corrected chi connectivity index (χ2v) is 9.37. The molecule has 0 bridgehead atoms. The first-order chi connectivity index (χ1) is 10.9. The highest BCUT2D eigenvalue weighted by molar-refractivity contribution is 6.51. The van der Waals surface area contributed by atoms with Crippen molar-refractivity contribution in [3.05, 3.63) is 35.9 Å². The third-order valence-corrected chi connectivity index (χ3v) is 7.47. The number of rotatable bonds is 14. The van der Waals surface area contributed by atoms with Crippen molar-refractivity contribution in [3.63, 3.8) is 0 Å². The highest BCUT2D eigenvalue weighted by atomic mass is 28.3. The Hall–Kier alpha value is -0.603. The van der Waals surface area contributed by atoms with E-state index in [4.69, 9.17) is 4.43 Å². The average Bonchev–Trinajstić information content (AvgIpc) is 2.56. The molecule has 0 heterocycles. The van der Waals surface area contributed by atoms with Crippen LogP contribution < -0.4 is 0 Å². The Labute approximate surface area is 140 Å². The molecule has 1 rings (SSSR count). The third-order valence-electron chi connectivity index (χ3n) is 4.53. The average molecular weight is 321 g/mol. The van der Waals surface area contributed by atoms with Gasteiger partial charge in [-0.15, -0.1) is 0 Å². The quantitative estimate of drug-likeness (QED) is 0.296. The van der Waals surface area contributed by atoms with Gasteiger partial charge in [0.25, 0.3) is 0 Å². The zero-order valence-corrected chi connectivity index (χ0v) is 16.0. The molecule has 2 heteroatoms. The maximum Gasteiger partial charge on any atom is 0.176 e. The molecular formula is C20H36OSi. The monoisotopic (exact) mass is 320 g/mol. The molecule has 0 saturated heterocycles. The van der Waals surface area contributed by atoms with Gasteiger partial charge in [-0.3, -0.25) is 0 Å². The largest absolute Gasteiger partial charge is 0.423 e. The van der Waals surface area contributed by atoms with Gasteiger partial charge in [0.1, 0.15) is 0 Å². The van der Waals surface area contributed by atoms with Crippen molar-refractivity contribution in [2.24, 2.45) is 0 Å². The molecule has 22 heavy (non-hydrogen) atoms. The van der Waals surface area contributed by atoms with Gasteiger partial charge >= 0.3 is 0 Å². The van der Waals surface area contributed by atoms with Gasteiger partial charge in [0.15, 0.2) is 9.04 Å². The van der Waals surface area contributed by atoms with E-state index in [2.05, 4.69) is 37.3 Å². The van der Waals surface area contributed by atoms with Crippen LogP contribution in [0.25, 0.3) is 0 Å². The number of hydrogen-bond acceptors (Lipinski definition) is 1. The van der Waals surface area contributed by atoms with Crippen molar-refractivity contribution in [2.75, 3.05) is 7.11 Å². The summed E-state index contributed by atoms with van der Waals surface area (Å²) in [5.74, 6) is 0. The first-order valence-corrected chi connectivity index (χ1v) is 11.5. The fourth-order valence-electron chi connectivity index (χ4n) is 3.11. The van der Waals surface area contributed by atoms with E-state index in [1.807, 2.05) is 7.11 Å². The van der Waals surface area contributed by atoms with Crippen LogP contribution in [0.3, 0.4) is 0 Å². The van der Waals surface area contributed by atoms with Gasteiger partial charge in [0.05, 0.1) is 0 Å². The Morgan fingerprint density at radius 3 is 1.95 bits per heavy atom. The van der Waals surface area contributed by atoms with Crippen LogP contribution >= 0.6 is 0 Å². The summed E-state index contributed by atoms with van der Waals surface area (Å²) >= 11 is 0. The molecule has 1 unspecified atom stereocenters. The molecule has 1 aromatic carbocycles. The second kappa shape index (κ2) is 14.0. The molecule has 0 aromatic heterocycles. The highest BCUT2D eigenvalue weighted by Crippen LogP contribution is 2.14. The lowest BCUT2D eigenvalue weighted by molar-refractivity contribution is 0.413. The van der Waals surface area contributed by atoms with Crippen LogP contribution in [-0.2, 0) is 10.8 Å². The number of benzene rings is 1. The van der Waals surface area contributed by atoms with E-state index in [0.29, 0.717) is 0 Å². The molecule has 0 aliphatic rings. The summed E-state index contributed by atoms with van der Waals surface area (Å²) in [7, 11) is 1.10. The summed E-state index contributed by atoms with van der Waals surface area (Å²) in [5, 5.41) is 0. The van der Waals surface area contributed by atoms with Crippen LogP contribution in [0.5, 0.6) is 0 Å². The molecule has 0 N–H and O–H groups in total. The number of hydrogen-bond donors (Lipinski definition) is 0. The summed E-state index contributed by atoms with van der Waals surface area (Å²) in [5.41, 5.74) is 1.49. The Kier molecular flexibility index (Phi) is 12.4. The lowest BCUT2D eigenvalue weighted by Gasteiger charge is -2.11. The van der Waals surface area contributed by atoms with Gasteiger partial charge in [0.2, 0.25) is 0 Å². The molecule has 0 saturated carbocycles. The van der Waals surface area contributed by atoms with Crippen LogP contribution in [0.2, 0.25) is 12.1 Å².